The summed E-state index contributed by atoms with van der Waals surface area (Å²) in [5.41, 5.74) is 1.63. The SMILES string of the molecule is COCCNC(=O)c1ccc(N2CCc3ccc(F)c(F)c3C2)nc1. The third-order valence-electron chi connectivity index (χ3n) is 4.22. The summed E-state index contributed by atoms with van der Waals surface area (Å²) in [5.74, 6) is -1.23. The predicted molar refractivity (Wildman–Crippen MR) is 89.6 cm³/mol. The number of carbonyl (C=O) groups excluding carboxylic acids is 1. The molecule has 1 aliphatic heterocycles. The molecule has 7 heteroatoms. The van der Waals surface area contributed by atoms with Crippen LogP contribution in [0.5, 0.6) is 0 Å². The molecule has 1 N–H and O–H groups in total. The van der Waals surface area contributed by atoms with Crippen molar-refractivity contribution in [2.75, 3.05) is 31.7 Å². The highest BCUT2D eigenvalue weighted by Gasteiger charge is 2.22. The molecule has 3 rings (SSSR count). The summed E-state index contributed by atoms with van der Waals surface area (Å²) in [4.78, 5) is 18.1. The maximum Gasteiger partial charge on any atom is 0.252 e. The zero-order valence-corrected chi connectivity index (χ0v) is 13.9. The Morgan fingerprint density at radius 3 is 2.88 bits per heavy atom. The van der Waals surface area contributed by atoms with Crippen LogP contribution in [0.1, 0.15) is 21.5 Å². The summed E-state index contributed by atoms with van der Waals surface area (Å²) in [6, 6.07) is 6.18. The van der Waals surface area contributed by atoms with Gasteiger partial charge in [-0.1, -0.05) is 6.07 Å². The Bertz CT molecular complexity index is 766. The highest BCUT2D eigenvalue weighted by Crippen LogP contribution is 2.26. The van der Waals surface area contributed by atoms with Gasteiger partial charge in [0.1, 0.15) is 5.82 Å². The molecule has 25 heavy (non-hydrogen) atoms. The number of nitrogens with one attached hydrogen (secondary N) is 1. The van der Waals surface area contributed by atoms with Gasteiger partial charge in [0.05, 0.1) is 12.2 Å². The number of methoxy groups -OCH3 is 1. The quantitative estimate of drug-likeness (QED) is 0.844. The molecule has 0 unspecified atom stereocenters. The number of aromatic nitrogens is 1. The zero-order valence-electron chi connectivity index (χ0n) is 13.9. The Labute approximate surface area is 144 Å². The lowest BCUT2D eigenvalue weighted by Gasteiger charge is -2.30. The second-order valence-electron chi connectivity index (χ2n) is 5.82. The molecule has 1 aliphatic rings. The van der Waals surface area contributed by atoms with E-state index >= 15 is 0 Å². The van der Waals surface area contributed by atoms with Crippen molar-refractivity contribution in [3.8, 4) is 0 Å². The van der Waals surface area contributed by atoms with E-state index in [9.17, 15) is 13.6 Å². The molecule has 0 spiro atoms. The first kappa shape index (κ1) is 17.3. The molecule has 0 aliphatic carbocycles. The van der Waals surface area contributed by atoms with Crippen LogP contribution < -0.4 is 10.2 Å². The number of nitrogens with zero attached hydrogens (tertiary/aromatic N) is 2. The molecule has 2 heterocycles. The van der Waals surface area contributed by atoms with Crippen LogP contribution in [0, 0.1) is 11.6 Å². The van der Waals surface area contributed by atoms with E-state index in [1.54, 1.807) is 25.3 Å². The number of rotatable bonds is 5. The summed E-state index contributed by atoms with van der Waals surface area (Å²) in [6.07, 6.45) is 2.10. The molecule has 0 saturated carbocycles. The van der Waals surface area contributed by atoms with Crippen molar-refractivity contribution in [2.24, 2.45) is 0 Å². The summed E-state index contributed by atoms with van der Waals surface area (Å²) in [7, 11) is 1.56. The van der Waals surface area contributed by atoms with Crippen molar-refractivity contribution in [3.63, 3.8) is 0 Å². The van der Waals surface area contributed by atoms with E-state index in [4.69, 9.17) is 4.74 Å². The molecule has 0 radical (unpaired) electrons. The van der Waals surface area contributed by atoms with E-state index in [1.165, 1.54) is 12.3 Å². The average Bonchev–Trinajstić information content (AvgIpc) is 2.65. The average molecular weight is 347 g/mol. The number of anilines is 1. The van der Waals surface area contributed by atoms with Crippen LogP contribution in [0.15, 0.2) is 30.5 Å². The smallest absolute Gasteiger partial charge is 0.252 e. The van der Waals surface area contributed by atoms with Gasteiger partial charge in [0.25, 0.3) is 5.91 Å². The van der Waals surface area contributed by atoms with Gasteiger partial charge in [-0.15, -0.1) is 0 Å². The maximum absolute atomic E-state index is 14.0. The van der Waals surface area contributed by atoms with Gasteiger partial charge in [-0.05, 0) is 30.2 Å². The van der Waals surface area contributed by atoms with Gasteiger partial charge in [0, 0.05) is 38.5 Å². The Kier molecular flexibility index (Phi) is 5.23. The van der Waals surface area contributed by atoms with Crippen molar-refractivity contribution in [2.45, 2.75) is 13.0 Å². The van der Waals surface area contributed by atoms with E-state index < -0.39 is 11.6 Å². The third kappa shape index (κ3) is 3.76. The van der Waals surface area contributed by atoms with Gasteiger partial charge in [-0.25, -0.2) is 13.8 Å². The molecular weight excluding hydrogens is 328 g/mol. The fourth-order valence-corrected chi connectivity index (χ4v) is 2.83. The van der Waals surface area contributed by atoms with Crippen molar-refractivity contribution >= 4 is 11.7 Å². The standard InChI is InChI=1S/C18H19F2N3O2/c1-25-9-7-21-18(24)13-3-5-16(22-10-13)23-8-6-12-2-4-15(19)17(20)14(12)11-23/h2-5,10H,6-9,11H2,1H3,(H,21,24). The minimum Gasteiger partial charge on any atom is -0.383 e. The van der Waals surface area contributed by atoms with Crippen LogP contribution in [0.3, 0.4) is 0 Å². The second-order valence-corrected chi connectivity index (χ2v) is 5.82. The van der Waals surface area contributed by atoms with Crippen molar-refractivity contribution in [1.82, 2.24) is 10.3 Å². The molecule has 0 saturated heterocycles. The molecule has 0 bridgehead atoms. The van der Waals surface area contributed by atoms with Crippen LogP contribution >= 0.6 is 0 Å². The number of hydrogen-bond donors (Lipinski definition) is 1. The number of amides is 1. The first-order valence-corrected chi connectivity index (χ1v) is 8.04. The van der Waals surface area contributed by atoms with Gasteiger partial charge >= 0.3 is 0 Å². The Hall–Kier alpha value is -2.54. The third-order valence-corrected chi connectivity index (χ3v) is 4.22. The number of carbonyl (C=O) groups is 1. The van der Waals surface area contributed by atoms with Crippen LogP contribution in [0.4, 0.5) is 14.6 Å². The number of benzene rings is 1. The highest BCUT2D eigenvalue weighted by atomic mass is 19.2. The number of ether oxygens (including phenoxy) is 1. The van der Waals surface area contributed by atoms with Gasteiger partial charge in [0.2, 0.25) is 0 Å². The lowest BCUT2D eigenvalue weighted by molar-refractivity contribution is 0.0937. The normalized spacial score (nSPS) is 13.5. The molecule has 5 nitrogen and oxygen atoms in total. The highest BCUT2D eigenvalue weighted by molar-refractivity contribution is 5.94. The molecule has 1 amide bonds. The minimum atomic E-state index is -0.836. The first-order chi connectivity index (χ1) is 12.1. The zero-order chi connectivity index (χ0) is 17.8. The maximum atomic E-state index is 14.0. The second kappa shape index (κ2) is 7.57. The molecule has 0 fully saturated rings. The van der Waals surface area contributed by atoms with E-state index in [1.807, 2.05) is 4.90 Å². The monoisotopic (exact) mass is 347 g/mol. The molecule has 0 atom stereocenters. The topological polar surface area (TPSA) is 54.5 Å². The van der Waals surface area contributed by atoms with Crippen molar-refractivity contribution in [3.05, 3.63) is 58.8 Å². The molecule has 1 aromatic carbocycles. The molecule has 1 aromatic heterocycles. The van der Waals surface area contributed by atoms with E-state index in [-0.39, 0.29) is 12.5 Å². The fraction of sp³-hybridized carbons (Fsp3) is 0.333. The Morgan fingerprint density at radius 1 is 1.32 bits per heavy atom. The summed E-state index contributed by atoms with van der Waals surface area (Å²) >= 11 is 0. The van der Waals surface area contributed by atoms with E-state index in [0.29, 0.717) is 43.1 Å². The number of halogens is 2. The van der Waals surface area contributed by atoms with E-state index in [2.05, 4.69) is 10.3 Å². The van der Waals surface area contributed by atoms with Crippen molar-refractivity contribution in [1.29, 1.82) is 0 Å². The predicted octanol–water partition coefficient (Wildman–Crippen LogP) is 2.30. The number of hydrogen-bond acceptors (Lipinski definition) is 4. The lowest BCUT2D eigenvalue weighted by atomic mass is 9.99. The number of fused-ring (bicyclic) bond motifs is 1. The molecular formula is C18H19F2N3O2. The fourth-order valence-electron chi connectivity index (χ4n) is 2.83. The van der Waals surface area contributed by atoms with E-state index in [0.717, 1.165) is 5.56 Å². The van der Waals surface area contributed by atoms with Crippen LogP contribution in [-0.2, 0) is 17.7 Å². The minimum absolute atomic E-state index is 0.229. The summed E-state index contributed by atoms with van der Waals surface area (Å²) in [6.45, 7) is 1.77. The van der Waals surface area contributed by atoms with Crippen LogP contribution in [-0.4, -0.2) is 37.7 Å². The molecule has 2 aromatic rings. The van der Waals surface area contributed by atoms with Crippen LogP contribution in [0.25, 0.3) is 0 Å². The van der Waals surface area contributed by atoms with Crippen LogP contribution in [0.2, 0.25) is 0 Å². The lowest BCUT2D eigenvalue weighted by Crippen LogP contribution is -2.32. The summed E-state index contributed by atoms with van der Waals surface area (Å²) in [5, 5.41) is 2.72. The van der Waals surface area contributed by atoms with Gasteiger partial charge < -0.3 is 15.0 Å². The molecule has 132 valence electrons. The number of pyridine rings is 1. The Morgan fingerprint density at radius 2 is 2.16 bits per heavy atom. The Balaban J connectivity index is 1.71. The van der Waals surface area contributed by atoms with Gasteiger partial charge in [0.15, 0.2) is 11.6 Å². The summed E-state index contributed by atoms with van der Waals surface area (Å²) < 4.78 is 32.3. The van der Waals surface area contributed by atoms with Gasteiger partial charge in [-0.2, -0.15) is 0 Å². The first-order valence-electron chi connectivity index (χ1n) is 8.04. The van der Waals surface area contributed by atoms with Crippen molar-refractivity contribution < 1.29 is 18.3 Å². The largest absolute Gasteiger partial charge is 0.383 e. The van der Waals surface area contributed by atoms with Gasteiger partial charge in [-0.3, -0.25) is 4.79 Å².